The summed E-state index contributed by atoms with van der Waals surface area (Å²) in [5, 5.41) is 10.1. The lowest BCUT2D eigenvalue weighted by Gasteiger charge is -2.17. The molecular weight excluding hydrogens is 569 g/mol. The van der Waals surface area contributed by atoms with Crippen LogP contribution in [-0.2, 0) is 0 Å². The number of rotatable bonds is 4. The third-order valence-corrected chi connectivity index (χ3v) is 9.86. The van der Waals surface area contributed by atoms with Gasteiger partial charge in [-0.3, -0.25) is 0 Å². The monoisotopic (exact) mass is 596 g/mol. The predicted molar refractivity (Wildman–Crippen MR) is 199 cm³/mol. The van der Waals surface area contributed by atoms with Crippen LogP contribution in [0.15, 0.2) is 174 Å². The van der Waals surface area contributed by atoms with Gasteiger partial charge in [-0.2, -0.15) is 0 Å². The Balaban J connectivity index is 1.11. The topological polar surface area (TPSA) is 13.1 Å². The second-order valence-corrected chi connectivity index (χ2v) is 12.5. The minimum atomic E-state index is 0.923. The van der Waals surface area contributed by atoms with Gasteiger partial charge >= 0.3 is 0 Å². The van der Waals surface area contributed by atoms with Crippen molar-refractivity contribution >= 4 is 54.3 Å². The van der Waals surface area contributed by atoms with E-state index in [4.69, 9.17) is 4.42 Å². The molecule has 1 aromatic heterocycles. The van der Waals surface area contributed by atoms with Crippen LogP contribution in [0.2, 0.25) is 0 Å². The maximum Gasteiger partial charge on any atom is 0.143 e. The van der Waals surface area contributed by atoms with Crippen LogP contribution >= 0.6 is 0 Å². The molecule has 0 amide bonds. The molecule has 1 nitrogen and oxygen atoms in total. The van der Waals surface area contributed by atoms with E-state index in [-0.39, 0.29) is 0 Å². The number of hydrogen-bond donors (Lipinski definition) is 0. The predicted octanol–water partition coefficient (Wildman–Crippen LogP) is 13.2. The van der Waals surface area contributed by atoms with E-state index in [1.807, 2.05) is 12.1 Å². The molecule has 0 saturated heterocycles. The molecule has 0 N–H and O–H groups in total. The van der Waals surface area contributed by atoms with Crippen LogP contribution in [-0.4, -0.2) is 0 Å². The van der Waals surface area contributed by atoms with Crippen molar-refractivity contribution in [3.63, 3.8) is 0 Å². The van der Waals surface area contributed by atoms with Crippen molar-refractivity contribution in [2.75, 3.05) is 0 Å². The van der Waals surface area contributed by atoms with Gasteiger partial charge < -0.3 is 4.42 Å². The molecule has 10 aromatic rings. The second-order valence-electron chi connectivity index (χ2n) is 12.5. The van der Waals surface area contributed by atoms with Crippen molar-refractivity contribution in [2.24, 2.45) is 0 Å². The second kappa shape index (κ2) is 10.2. The van der Waals surface area contributed by atoms with Crippen LogP contribution in [0, 0.1) is 0 Å². The molecule has 0 spiro atoms. The van der Waals surface area contributed by atoms with Crippen molar-refractivity contribution in [3.8, 4) is 44.5 Å². The van der Waals surface area contributed by atoms with Crippen LogP contribution in [0.4, 0.5) is 0 Å². The minimum Gasteiger partial charge on any atom is -0.455 e. The molecule has 0 aliphatic carbocycles. The van der Waals surface area contributed by atoms with E-state index in [1.165, 1.54) is 65.7 Å². The van der Waals surface area contributed by atoms with Gasteiger partial charge in [0.05, 0.1) is 0 Å². The Morgan fingerprint density at radius 3 is 1.60 bits per heavy atom. The summed E-state index contributed by atoms with van der Waals surface area (Å²) in [6.07, 6.45) is 0. The Morgan fingerprint density at radius 2 is 0.851 bits per heavy atom. The van der Waals surface area contributed by atoms with Crippen molar-refractivity contribution in [1.82, 2.24) is 0 Å². The van der Waals surface area contributed by atoms with Gasteiger partial charge in [-0.15, -0.1) is 0 Å². The molecule has 0 radical (unpaired) electrons. The SMILES string of the molecule is c1ccc(-c2cccc(-c3ccc4ccc5c(-c6ccc(-c7cccc8c7oc7ccccc78)cc6)ccc6ccc3c4c65)c2)cc1. The molecule has 47 heavy (non-hydrogen) atoms. The zero-order valence-electron chi connectivity index (χ0n) is 25.6. The first-order valence-electron chi connectivity index (χ1n) is 16.2. The lowest BCUT2D eigenvalue weighted by molar-refractivity contribution is 0.670. The lowest BCUT2D eigenvalue weighted by atomic mass is 9.86. The number of hydrogen-bond acceptors (Lipinski definition) is 1. The Labute approximate surface area is 272 Å². The average Bonchev–Trinajstić information content (AvgIpc) is 3.53. The third kappa shape index (κ3) is 4.03. The van der Waals surface area contributed by atoms with Crippen LogP contribution in [0.3, 0.4) is 0 Å². The maximum absolute atomic E-state index is 6.35. The molecule has 0 bridgehead atoms. The summed E-state index contributed by atoms with van der Waals surface area (Å²) in [7, 11) is 0. The Kier molecular flexibility index (Phi) is 5.64. The summed E-state index contributed by atoms with van der Waals surface area (Å²) in [6, 6.07) is 61.5. The van der Waals surface area contributed by atoms with Gasteiger partial charge in [-0.25, -0.2) is 0 Å². The van der Waals surface area contributed by atoms with Gasteiger partial charge in [-0.05, 0) is 83.4 Å². The van der Waals surface area contributed by atoms with Gasteiger partial charge in [0.25, 0.3) is 0 Å². The largest absolute Gasteiger partial charge is 0.455 e. The highest BCUT2D eigenvalue weighted by atomic mass is 16.3. The van der Waals surface area contributed by atoms with Crippen LogP contribution in [0.1, 0.15) is 0 Å². The molecule has 0 aliphatic rings. The van der Waals surface area contributed by atoms with E-state index in [0.717, 1.165) is 33.1 Å². The van der Waals surface area contributed by atoms with E-state index >= 15 is 0 Å². The summed E-state index contributed by atoms with van der Waals surface area (Å²) < 4.78 is 6.35. The Bertz CT molecular complexity index is 2770. The van der Waals surface area contributed by atoms with Crippen molar-refractivity contribution in [2.45, 2.75) is 0 Å². The molecule has 9 aromatic carbocycles. The van der Waals surface area contributed by atoms with Crippen molar-refractivity contribution in [3.05, 3.63) is 170 Å². The first-order valence-corrected chi connectivity index (χ1v) is 16.2. The van der Waals surface area contributed by atoms with E-state index < -0.39 is 0 Å². The van der Waals surface area contributed by atoms with Crippen LogP contribution in [0.25, 0.3) is 98.8 Å². The molecule has 0 atom stereocenters. The van der Waals surface area contributed by atoms with Crippen LogP contribution < -0.4 is 0 Å². The van der Waals surface area contributed by atoms with Gasteiger partial charge in [0, 0.05) is 16.3 Å². The van der Waals surface area contributed by atoms with Crippen molar-refractivity contribution < 1.29 is 4.42 Å². The van der Waals surface area contributed by atoms with Gasteiger partial charge in [0.1, 0.15) is 11.2 Å². The fraction of sp³-hybridized carbons (Fsp3) is 0. The molecule has 1 heterocycles. The van der Waals surface area contributed by atoms with E-state index in [1.54, 1.807) is 0 Å². The standard InChI is InChI=1S/C46H28O/c1-2-8-29(9-3-1)34-10-6-11-35(28-34)37-25-21-33-22-26-40-36(24-20-32-23-27-41(37)45(33)44(32)40)30-16-18-31(19-17-30)38-13-7-14-42-39-12-4-5-15-43(39)47-46(38)42/h1-28H. The zero-order valence-corrected chi connectivity index (χ0v) is 25.6. The molecular formula is C46H28O. The highest BCUT2D eigenvalue weighted by Gasteiger charge is 2.16. The normalized spacial score (nSPS) is 11.8. The zero-order chi connectivity index (χ0) is 30.9. The number of para-hydroxylation sites is 2. The molecule has 218 valence electrons. The lowest BCUT2D eigenvalue weighted by Crippen LogP contribution is -1.90. The molecule has 0 aliphatic heterocycles. The first-order chi connectivity index (χ1) is 23.3. The first kappa shape index (κ1) is 26.1. The Hall–Kier alpha value is -6.18. The number of furan rings is 1. The fourth-order valence-electron chi connectivity index (χ4n) is 7.61. The highest BCUT2D eigenvalue weighted by molar-refractivity contribution is 6.27. The number of benzene rings is 9. The molecule has 10 rings (SSSR count). The summed E-state index contributed by atoms with van der Waals surface area (Å²) in [5.74, 6) is 0. The molecule has 0 fully saturated rings. The smallest absolute Gasteiger partial charge is 0.143 e. The van der Waals surface area contributed by atoms with E-state index in [9.17, 15) is 0 Å². The van der Waals surface area contributed by atoms with Crippen LogP contribution in [0.5, 0.6) is 0 Å². The quantitative estimate of drug-likeness (QED) is 0.184. The van der Waals surface area contributed by atoms with E-state index in [2.05, 4.69) is 158 Å². The number of fused-ring (bicyclic) bond motifs is 3. The fourth-order valence-corrected chi connectivity index (χ4v) is 7.61. The summed E-state index contributed by atoms with van der Waals surface area (Å²) in [5.41, 5.74) is 11.5. The van der Waals surface area contributed by atoms with Crippen molar-refractivity contribution in [1.29, 1.82) is 0 Å². The maximum atomic E-state index is 6.35. The van der Waals surface area contributed by atoms with E-state index in [0.29, 0.717) is 0 Å². The molecule has 0 saturated carbocycles. The summed E-state index contributed by atoms with van der Waals surface area (Å²) in [4.78, 5) is 0. The Morgan fingerprint density at radius 1 is 0.298 bits per heavy atom. The summed E-state index contributed by atoms with van der Waals surface area (Å²) >= 11 is 0. The van der Waals surface area contributed by atoms with Gasteiger partial charge in [0.2, 0.25) is 0 Å². The molecule has 1 heteroatoms. The third-order valence-electron chi connectivity index (χ3n) is 9.86. The van der Waals surface area contributed by atoms with Gasteiger partial charge in [-0.1, -0.05) is 158 Å². The molecule has 0 unspecified atom stereocenters. The minimum absolute atomic E-state index is 0.923. The van der Waals surface area contributed by atoms with Gasteiger partial charge in [0.15, 0.2) is 0 Å². The summed E-state index contributed by atoms with van der Waals surface area (Å²) in [6.45, 7) is 0. The average molecular weight is 597 g/mol. The highest BCUT2D eigenvalue weighted by Crippen LogP contribution is 2.43.